The summed E-state index contributed by atoms with van der Waals surface area (Å²) in [6, 6.07) is -0.256. The number of aliphatic hydroxyl groups is 1. The van der Waals surface area contributed by atoms with Gasteiger partial charge >= 0.3 is 0 Å². The Balaban J connectivity index is 1.54. The molecule has 11 heteroatoms. The number of aromatic nitrogens is 4. The molecule has 0 spiro atoms. The van der Waals surface area contributed by atoms with E-state index < -0.39 is 0 Å². The number of rotatable bonds is 5. The van der Waals surface area contributed by atoms with E-state index >= 15 is 0 Å². The molecular weight excluding hydrogens is 360 g/mol. The number of tetrazole rings is 1. The van der Waals surface area contributed by atoms with Gasteiger partial charge in [-0.1, -0.05) is 11.8 Å². The van der Waals surface area contributed by atoms with Crippen LogP contribution in [0.2, 0.25) is 0 Å². The molecule has 2 aliphatic rings. The third kappa shape index (κ3) is 4.71. The lowest BCUT2D eigenvalue weighted by molar-refractivity contribution is -0.142. The highest BCUT2D eigenvalue weighted by atomic mass is 32.2. The van der Waals surface area contributed by atoms with Crippen LogP contribution in [0.1, 0.15) is 19.3 Å². The van der Waals surface area contributed by atoms with Crippen LogP contribution in [0.5, 0.6) is 0 Å². The summed E-state index contributed by atoms with van der Waals surface area (Å²) in [5.41, 5.74) is 0. The van der Waals surface area contributed by atoms with Crippen LogP contribution in [0.4, 0.5) is 0 Å². The number of ether oxygens (including phenoxy) is 1. The van der Waals surface area contributed by atoms with Crippen LogP contribution < -0.4 is 0 Å². The number of nitrogens with zero attached hydrogens (tertiary/aromatic N) is 6. The first-order valence-electron chi connectivity index (χ1n) is 8.73. The smallest absolute Gasteiger partial charge is 0.233 e. The number of carbonyl (C=O) groups excluding carboxylic acids is 2. The van der Waals surface area contributed by atoms with Gasteiger partial charge in [0.05, 0.1) is 31.1 Å². The van der Waals surface area contributed by atoms with E-state index in [1.807, 2.05) is 0 Å². The maximum absolute atomic E-state index is 12.6. The molecule has 1 unspecified atom stereocenters. The van der Waals surface area contributed by atoms with Crippen molar-refractivity contribution in [1.29, 1.82) is 0 Å². The predicted octanol–water partition coefficient (Wildman–Crippen LogP) is -1.10. The van der Waals surface area contributed by atoms with Crippen molar-refractivity contribution in [3.63, 3.8) is 0 Å². The van der Waals surface area contributed by atoms with Gasteiger partial charge in [-0.2, -0.15) is 0 Å². The van der Waals surface area contributed by atoms with Crippen LogP contribution in [0, 0.1) is 0 Å². The lowest BCUT2D eigenvalue weighted by Gasteiger charge is -2.37. The lowest BCUT2D eigenvalue weighted by atomic mass is 10.1. The molecule has 1 aromatic rings. The lowest BCUT2D eigenvalue weighted by Crippen LogP contribution is -2.52. The molecular formula is C15H24N6O4S. The molecule has 2 fully saturated rings. The van der Waals surface area contributed by atoms with E-state index in [0.29, 0.717) is 50.8 Å². The second-order valence-electron chi connectivity index (χ2n) is 6.51. The monoisotopic (exact) mass is 384 g/mol. The number of carbonyl (C=O) groups is 2. The molecule has 1 aromatic heterocycles. The highest BCUT2D eigenvalue weighted by Crippen LogP contribution is 2.19. The van der Waals surface area contributed by atoms with Gasteiger partial charge in [0.2, 0.25) is 17.0 Å². The zero-order valence-corrected chi connectivity index (χ0v) is 15.6. The van der Waals surface area contributed by atoms with Gasteiger partial charge in [-0.05, 0) is 23.3 Å². The summed E-state index contributed by atoms with van der Waals surface area (Å²) in [5, 5.41) is 21.3. The molecule has 3 rings (SSSR count). The van der Waals surface area contributed by atoms with Gasteiger partial charge < -0.3 is 19.6 Å². The summed E-state index contributed by atoms with van der Waals surface area (Å²) in [4.78, 5) is 28.7. The molecule has 2 saturated heterocycles. The van der Waals surface area contributed by atoms with Crippen molar-refractivity contribution in [3.8, 4) is 0 Å². The number of piperidine rings is 1. The fourth-order valence-electron chi connectivity index (χ4n) is 3.15. The van der Waals surface area contributed by atoms with Gasteiger partial charge in [0.25, 0.3) is 0 Å². The molecule has 144 valence electrons. The largest absolute Gasteiger partial charge is 0.393 e. The Morgan fingerprint density at radius 3 is 2.73 bits per heavy atom. The molecule has 2 amide bonds. The summed E-state index contributed by atoms with van der Waals surface area (Å²) >= 11 is 1.28. The van der Waals surface area contributed by atoms with E-state index in [0.717, 1.165) is 0 Å². The van der Waals surface area contributed by atoms with Gasteiger partial charge in [-0.15, -0.1) is 5.10 Å². The summed E-state index contributed by atoms with van der Waals surface area (Å²) in [5.74, 6) is 0.179. The van der Waals surface area contributed by atoms with Crippen LogP contribution >= 0.6 is 11.8 Å². The Labute approximate surface area is 155 Å². The number of hydrogen-bond acceptors (Lipinski definition) is 8. The Bertz CT molecular complexity index is 633. The minimum absolute atomic E-state index is 0.00959. The van der Waals surface area contributed by atoms with Gasteiger partial charge in [-0.25, -0.2) is 4.68 Å². The zero-order valence-electron chi connectivity index (χ0n) is 14.8. The van der Waals surface area contributed by atoms with Crippen molar-refractivity contribution in [3.05, 3.63) is 0 Å². The first-order chi connectivity index (χ1) is 12.5. The van der Waals surface area contributed by atoms with Crippen molar-refractivity contribution < 1.29 is 19.4 Å². The normalized spacial score (nSPS) is 21.8. The second-order valence-corrected chi connectivity index (χ2v) is 7.45. The fraction of sp³-hybridized carbons (Fsp3) is 0.800. The number of aliphatic hydroxyl groups excluding tert-OH is 1. The third-order valence-corrected chi connectivity index (χ3v) is 5.68. The van der Waals surface area contributed by atoms with E-state index in [1.165, 1.54) is 16.4 Å². The number of likely N-dealkylation sites (tertiary alicyclic amines) is 1. The predicted molar refractivity (Wildman–Crippen MR) is 92.3 cm³/mol. The number of thioether (sulfide) groups is 1. The van der Waals surface area contributed by atoms with E-state index in [-0.39, 0.29) is 36.1 Å². The van der Waals surface area contributed by atoms with Crippen molar-refractivity contribution in [2.45, 2.75) is 36.6 Å². The molecule has 0 aromatic carbocycles. The summed E-state index contributed by atoms with van der Waals surface area (Å²) in [6.45, 7) is 2.45. The average molecular weight is 384 g/mol. The third-order valence-electron chi connectivity index (χ3n) is 4.68. The number of amides is 2. The molecule has 0 bridgehead atoms. The average Bonchev–Trinajstić information content (AvgIpc) is 3.05. The van der Waals surface area contributed by atoms with Gasteiger partial charge in [0, 0.05) is 33.1 Å². The number of hydrogen-bond donors (Lipinski definition) is 1. The Hall–Kier alpha value is -1.72. The Kier molecular flexibility index (Phi) is 6.43. The van der Waals surface area contributed by atoms with Crippen LogP contribution in [0.3, 0.4) is 0 Å². The first kappa shape index (κ1) is 19.1. The first-order valence-corrected chi connectivity index (χ1v) is 9.71. The van der Waals surface area contributed by atoms with Crippen molar-refractivity contribution >= 4 is 23.6 Å². The van der Waals surface area contributed by atoms with Crippen LogP contribution in [0.15, 0.2) is 5.16 Å². The Morgan fingerprint density at radius 1 is 1.27 bits per heavy atom. The SMILES string of the molecule is Cn1nnnc1SCC(=O)N1CCOCC1CC(=O)N1CCC(O)CC1. The van der Waals surface area contributed by atoms with E-state index in [4.69, 9.17) is 4.74 Å². The summed E-state index contributed by atoms with van der Waals surface area (Å²) in [7, 11) is 1.72. The van der Waals surface area contributed by atoms with Gasteiger partial charge in [0.15, 0.2) is 0 Å². The summed E-state index contributed by atoms with van der Waals surface area (Å²) < 4.78 is 7.01. The van der Waals surface area contributed by atoms with Crippen molar-refractivity contribution in [2.24, 2.45) is 7.05 Å². The maximum Gasteiger partial charge on any atom is 0.233 e. The molecule has 0 aliphatic carbocycles. The molecule has 0 saturated carbocycles. The van der Waals surface area contributed by atoms with Gasteiger partial charge in [0.1, 0.15) is 0 Å². The fourth-order valence-corrected chi connectivity index (χ4v) is 3.89. The van der Waals surface area contributed by atoms with Crippen LogP contribution in [0.25, 0.3) is 0 Å². The molecule has 1 N–H and O–H groups in total. The standard InChI is InChI=1S/C15H24N6O4S/c1-19-15(16-17-18-19)26-10-14(24)21-6-7-25-9-11(21)8-13(23)20-4-2-12(22)3-5-20/h11-12,22H,2-10H2,1H3. The minimum atomic E-state index is -0.317. The van der Waals surface area contributed by atoms with Crippen molar-refractivity contribution in [2.75, 3.05) is 38.6 Å². The molecule has 3 heterocycles. The second kappa shape index (κ2) is 8.78. The van der Waals surface area contributed by atoms with Crippen molar-refractivity contribution in [1.82, 2.24) is 30.0 Å². The summed E-state index contributed by atoms with van der Waals surface area (Å²) in [6.07, 6.45) is 1.15. The topological polar surface area (TPSA) is 114 Å². The maximum atomic E-state index is 12.6. The molecule has 26 heavy (non-hydrogen) atoms. The molecule has 0 radical (unpaired) electrons. The minimum Gasteiger partial charge on any atom is -0.393 e. The molecule has 10 nitrogen and oxygen atoms in total. The number of aryl methyl sites for hydroxylation is 1. The quantitative estimate of drug-likeness (QED) is 0.637. The molecule has 1 atom stereocenters. The molecule has 2 aliphatic heterocycles. The highest BCUT2D eigenvalue weighted by molar-refractivity contribution is 7.99. The van der Waals surface area contributed by atoms with E-state index in [9.17, 15) is 14.7 Å². The Morgan fingerprint density at radius 2 is 2.04 bits per heavy atom. The van der Waals surface area contributed by atoms with E-state index in [2.05, 4.69) is 15.5 Å². The van der Waals surface area contributed by atoms with E-state index in [1.54, 1.807) is 16.8 Å². The highest BCUT2D eigenvalue weighted by Gasteiger charge is 2.31. The van der Waals surface area contributed by atoms with Crippen LogP contribution in [-0.2, 0) is 21.4 Å². The van der Waals surface area contributed by atoms with Gasteiger partial charge in [-0.3, -0.25) is 9.59 Å². The zero-order chi connectivity index (χ0) is 18.5. The van der Waals surface area contributed by atoms with Crippen LogP contribution in [-0.4, -0.2) is 97.7 Å². The number of morpholine rings is 1.